The van der Waals surface area contributed by atoms with Crippen molar-refractivity contribution in [3.63, 3.8) is 0 Å². The Balaban J connectivity index is 0.00000245. The van der Waals surface area contributed by atoms with Crippen molar-refractivity contribution in [2.24, 2.45) is 11.3 Å². The van der Waals surface area contributed by atoms with Crippen LogP contribution in [-0.2, 0) is 16.0 Å². The maximum Gasteiger partial charge on any atom is 0.229 e. The normalized spacial score (nSPS) is 26.7. The van der Waals surface area contributed by atoms with Crippen molar-refractivity contribution in [2.45, 2.75) is 70.1 Å². The van der Waals surface area contributed by atoms with Gasteiger partial charge in [-0.15, -0.1) is 12.4 Å². The van der Waals surface area contributed by atoms with E-state index in [9.17, 15) is 9.59 Å². The summed E-state index contributed by atoms with van der Waals surface area (Å²) < 4.78 is 5.64. The Morgan fingerprint density at radius 3 is 2.50 bits per heavy atom. The fourth-order valence-corrected chi connectivity index (χ4v) is 6.91. The first kappa shape index (κ1) is 23.6. The van der Waals surface area contributed by atoms with E-state index in [0.717, 1.165) is 57.5 Å². The number of likely N-dealkylation sites (tertiary alicyclic amines) is 2. The SMILES string of the molecule is COc1cccc2c1[C@H]1CCN(CCCCN3C(=O)CC4(CCCC4)CC3=O)C[C@@H]1C2.Cl. The molecule has 1 saturated carbocycles. The summed E-state index contributed by atoms with van der Waals surface area (Å²) in [7, 11) is 1.78. The van der Waals surface area contributed by atoms with Gasteiger partial charge in [-0.25, -0.2) is 0 Å². The molecule has 4 aliphatic rings. The van der Waals surface area contributed by atoms with Crippen molar-refractivity contribution in [2.75, 3.05) is 33.3 Å². The van der Waals surface area contributed by atoms with Crippen molar-refractivity contribution < 1.29 is 14.3 Å². The van der Waals surface area contributed by atoms with Crippen LogP contribution in [-0.4, -0.2) is 54.9 Å². The van der Waals surface area contributed by atoms with E-state index >= 15 is 0 Å². The summed E-state index contributed by atoms with van der Waals surface area (Å²) in [4.78, 5) is 29.4. The van der Waals surface area contributed by atoms with Crippen molar-refractivity contribution in [3.8, 4) is 5.75 Å². The molecule has 2 amide bonds. The number of rotatable bonds is 6. The van der Waals surface area contributed by atoms with E-state index in [-0.39, 0.29) is 29.6 Å². The van der Waals surface area contributed by atoms with Crippen molar-refractivity contribution >= 4 is 24.2 Å². The Morgan fingerprint density at radius 1 is 1.06 bits per heavy atom. The lowest BCUT2D eigenvalue weighted by atomic mass is 9.76. The molecule has 2 aliphatic carbocycles. The van der Waals surface area contributed by atoms with Crippen molar-refractivity contribution in [1.82, 2.24) is 9.80 Å². The summed E-state index contributed by atoms with van der Waals surface area (Å²) in [6, 6.07) is 6.48. The first-order valence-electron chi connectivity index (χ1n) is 12.3. The molecule has 0 bridgehead atoms. The molecule has 3 fully saturated rings. The van der Waals surface area contributed by atoms with Crippen LogP contribution in [0.3, 0.4) is 0 Å². The van der Waals surface area contributed by atoms with E-state index in [4.69, 9.17) is 4.74 Å². The van der Waals surface area contributed by atoms with E-state index < -0.39 is 0 Å². The van der Waals surface area contributed by atoms with Crippen LogP contribution in [0, 0.1) is 11.3 Å². The van der Waals surface area contributed by atoms with Gasteiger partial charge in [0.25, 0.3) is 0 Å². The number of benzene rings is 1. The van der Waals surface area contributed by atoms with Crippen molar-refractivity contribution in [1.29, 1.82) is 0 Å². The molecule has 0 unspecified atom stereocenters. The van der Waals surface area contributed by atoms with Crippen LogP contribution in [0.15, 0.2) is 18.2 Å². The molecule has 5 rings (SSSR count). The number of amides is 2. The first-order chi connectivity index (χ1) is 15.1. The number of carbonyl (C=O) groups is 2. The number of fused-ring (bicyclic) bond motifs is 3. The maximum absolute atomic E-state index is 12.6. The third kappa shape index (κ3) is 4.43. The Bertz CT molecular complexity index is 831. The van der Waals surface area contributed by atoms with E-state index in [2.05, 4.69) is 23.1 Å². The van der Waals surface area contributed by atoms with E-state index in [0.29, 0.717) is 31.2 Å². The second-order valence-electron chi connectivity index (χ2n) is 10.4. The summed E-state index contributed by atoms with van der Waals surface area (Å²) in [5.74, 6) is 2.55. The molecule has 5 nitrogen and oxygen atoms in total. The van der Waals surface area contributed by atoms with Crippen LogP contribution in [0.1, 0.15) is 74.8 Å². The second kappa shape index (κ2) is 9.72. The lowest BCUT2D eigenvalue weighted by Gasteiger charge is -2.37. The molecule has 2 heterocycles. The third-order valence-corrected chi connectivity index (χ3v) is 8.47. The van der Waals surface area contributed by atoms with Crippen LogP contribution < -0.4 is 4.74 Å². The number of ether oxygens (including phenoxy) is 1. The largest absolute Gasteiger partial charge is 0.496 e. The summed E-state index contributed by atoms with van der Waals surface area (Å²) in [6.45, 7) is 3.95. The van der Waals surface area contributed by atoms with Gasteiger partial charge in [-0.05, 0) is 80.5 Å². The fourth-order valence-electron chi connectivity index (χ4n) is 6.91. The number of unbranched alkanes of at least 4 members (excludes halogenated alkanes) is 1. The summed E-state index contributed by atoms with van der Waals surface area (Å²) in [5.41, 5.74) is 2.94. The second-order valence-corrected chi connectivity index (χ2v) is 10.4. The molecule has 32 heavy (non-hydrogen) atoms. The number of piperidine rings is 2. The zero-order chi connectivity index (χ0) is 21.4. The van der Waals surface area contributed by atoms with Crippen LogP contribution in [0.5, 0.6) is 5.75 Å². The maximum atomic E-state index is 12.6. The number of halogens is 1. The molecule has 1 spiro atoms. The van der Waals surface area contributed by atoms with Gasteiger partial charge >= 0.3 is 0 Å². The predicted octanol–water partition coefficient (Wildman–Crippen LogP) is 4.57. The van der Waals surface area contributed by atoms with Gasteiger partial charge in [0, 0.05) is 31.5 Å². The molecule has 176 valence electrons. The molecular weight excluding hydrogens is 424 g/mol. The molecular formula is C26H37ClN2O3. The third-order valence-electron chi connectivity index (χ3n) is 8.47. The van der Waals surface area contributed by atoms with Gasteiger partial charge in [0.05, 0.1) is 7.11 Å². The van der Waals surface area contributed by atoms with Gasteiger partial charge in [0.1, 0.15) is 5.75 Å². The summed E-state index contributed by atoms with van der Waals surface area (Å²) in [6.07, 6.45) is 9.99. The van der Waals surface area contributed by atoms with Crippen molar-refractivity contribution in [3.05, 3.63) is 29.3 Å². The molecule has 1 aromatic rings. The number of carbonyl (C=O) groups excluding carboxylic acids is 2. The van der Waals surface area contributed by atoms with Gasteiger partial charge in [-0.3, -0.25) is 14.5 Å². The Hall–Kier alpha value is -1.59. The quantitative estimate of drug-likeness (QED) is 0.461. The minimum absolute atomic E-state index is 0. The molecule has 2 aliphatic heterocycles. The number of hydrogen-bond acceptors (Lipinski definition) is 4. The van der Waals surface area contributed by atoms with Crippen LogP contribution in [0.2, 0.25) is 0 Å². The van der Waals surface area contributed by atoms with Gasteiger partial charge < -0.3 is 9.64 Å². The van der Waals surface area contributed by atoms with Gasteiger partial charge in [-0.2, -0.15) is 0 Å². The average molecular weight is 461 g/mol. The minimum atomic E-state index is 0. The Kier molecular flexibility index (Phi) is 7.16. The highest BCUT2D eigenvalue weighted by molar-refractivity contribution is 5.98. The average Bonchev–Trinajstić information content (AvgIpc) is 3.36. The standard InChI is InChI=1S/C26H36N2O3.ClH/c1-31-22-8-6-7-19-15-20-18-27(14-9-21(20)25(19)22)12-4-5-13-28-23(29)16-26(17-24(28)30)10-2-3-11-26;/h6-8,20-21H,2-5,9-18H2,1H3;1H/t20-,21-;/m0./s1. The topological polar surface area (TPSA) is 49.9 Å². The van der Waals surface area contributed by atoms with E-state index in [1.54, 1.807) is 12.0 Å². The summed E-state index contributed by atoms with van der Waals surface area (Å²) >= 11 is 0. The predicted molar refractivity (Wildman–Crippen MR) is 127 cm³/mol. The Labute approximate surface area is 198 Å². The number of hydrogen-bond donors (Lipinski definition) is 0. The first-order valence-corrected chi connectivity index (χ1v) is 12.3. The zero-order valence-corrected chi connectivity index (χ0v) is 20.1. The monoisotopic (exact) mass is 460 g/mol. The molecule has 2 saturated heterocycles. The van der Waals surface area contributed by atoms with Crippen LogP contribution >= 0.6 is 12.4 Å². The molecule has 1 aromatic carbocycles. The Morgan fingerprint density at radius 2 is 1.78 bits per heavy atom. The zero-order valence-electron chi connectivity index (χ0n) is 19.3. The van der Waals surface area contributed by atoms with Crippen LogP contribution in [0.25, 0.3) is 0 Å². The van der Waals surface area contributed by atoms with E-state index in [1.165, 1.54) is 30.4 Å². The van der Waals surface area contributed by atoms with Gasteiger partial charge in [-0.1, -0.05) is 25.0 Å². The van der Waals surface area contributed by atoms with Gasteiger partial charge in [0.15, 0.2) is 0 Å². The number of nitrogens with zero attached hydrogens (tertiary/aromatic N) is 2. The summed E-state index contributed by atoms with van der Waals surface area (Å²) in [5, 5.41) is 0. The fraction of sp³-hybridized carbons (Fsp3) is 0.692. The van der Waals surface area contributed by atoms with Crippen LogP contribution in [0.4, 0.5) is 0 Å². The number of methoxy groups -OCH3 is 1. The molecule has 0 radical (unpaired) electrons. The number of imide groups is 1. The minimum Gasteiger partial charge on any atom is -0.496 e. The molecule has 2 atom stereocenters. The smallest absolute Gasteiger partial charge is 0.229 e. The molecule has 0 aromatic heterocycles. The lowest BCUT2D eigenvalue weighted by Crippen LogP contribution is -2.47. The highest BCUT2D eigenvalue weighted by Gasteiger charge is 2.44. The molecule has 0 N–H and O–H groups in total. The lowest BCUT2D eigenvalue weighted by molar-refractivity contribution is -0.153. The molecule has 6 heteroatoms. The van der Waals surface area contributed by atoms with Gasteiger partial charge in [0.2, 0.25) is 11.8 Å². The van der Waals surface area contributed by atoms with E-state index in [1.807, 2.05) is 0 Å². The highest BCUT2D eigenvalue weighted by atomic mass is 35.5. The highest BCUT2D eigenvalue weighted by Crippen LogP contribution is 2.48.